The van der Waals surface area contributed by atoms with Gasteiger partial charge in [0.25, 0.3) is 0 Å². The van der Waals surface area contributed by atoms with E-state index in [-0.39, 0.29) is 5.91 Å². The van der Waals surface area contributed by atoms with Gasteiger partial charge in [-0.1, -0.05) is 0 Å². The lowest BCUT2D eigenvalue weighted by Gasteiger charge is -2.16. The van der Waals surface area contributed by atoms with Gasteiger partial charge in [0.05, 0.1) is 6.54 Å². The maximum Gasteiger partial charge on any atom is 0.236 e. The van der Waals surface area contributed by atoms with E-state index < -0.39 is 0 Å². The zero-order valence-electron chi connectivity index (χ0n) is 8.05. The number of amides is 1. The summed E-state index contributed by atoms with van der Waals surface area (Å²) in [6, 6.07) is 0. The first-order valence-corrected chi connectivity index (χ1v) is 4.94. The van der Waals surface area contributed by atoms with Gasteiger partial charge in [-0.3, -0.25) is 4.79 Å². The Morgan fingerprint density at radius 1 is 1.46 bits per heavy atom. The topological polar surface area (TPSA) is 44.4 Å². The van der Waals surface area contributed by atoms with Crippen molar-refractivity contribution in [2.45, 2.75) is 0 Å². The van der Waals surface area contributed by atoms with E-state index in [2.05, 4.69) is 10.6 Å². The van der Waals surface area contributed by atoms with Crippen LogP contribution < -0.4 is 10.6 Å². The van der Waals surface area contributed by atoms with Gasteiger partial charge < -0.3 is 15.5 Å². The lowest BCUT2D eigenvalue weighted by Crippen LogP contribution is -2.37. The van der Waals surface area contributed by atoms with Crippen LogP contribution in [0.25, 0.3) is 0 Å². The van der Waals surface area contributed by atoms with Crippen LogP contribution in [0.3, 0.4) is 0 Å². The highest BCUT2D eigenvalue weighted by Gasteiger charge is 2.37. The second-order valence-corrected chi connectivity index (χ2v) is 4.01. The molecule has 0 aromatic rings. The van der Waals surface area contributed by atoms with Gasteiger partial charge in [-0.05, 0) is 18.9 Å². The first kappa shape index (κ1) is 8.97. The minimum atomic E-state index is 0.247. The Labute approximate surface area is 78.7 Å². The lowest BCUT2D eigenvalue weighted by atomic mass is 10.0. The van der Waals surface area contributed by atoms with Crippen LogP contribution in [0.1, 0.15) is 0 Å². The van der Waals surface area contributed by atoms with Crippen molar-refractivity contribution in [3.63, 3.8) is 0 Å². The summed E-state index contributed by atoms with van der Waals surface area (Å²) in [5.74, 6) is 1.67. The van der Waals surface area contributed by atoms with E-state index in [0.29, 0.717) is 18.4 Å². The molecule has 2 heterocycles. The van der Waals surface area contributed by atoms with Gasteiger partial charge in [0.2, 0.25) is 5.91 Å². The van der Waals surface area contributed by atoms with Crippen molar-refractivity contribution in [3.8, 4) is 0 Å². The van der Waals surface area contributed by atoms with Crippen LogP contribution in [0.4, 0.5) is 0 Å². The van der Waals surface area contributed by atoms with Crippen molar-refractivity contribution in [2.24, 2.45) is 11.8 Å². The van der Waals surface area contributed by atoms with Crippen molar-refractivity contribution in [1.29, 1.82) is 0 Å². The van der Waals surface area contributed by atoms with E-state index in [4.69, 9.17) is 0 Å². The van der Waals surface area contributed by atoms with Crippen LogP contribution >= 0.6 is 0 Å². The molecular weight excluding hydrogens is 166 g/mol. The molecule has 0 spiro atoms. The zero-order valence-corrected chi connectivity index (χ0v) is 8.05. The highest BCUT2D eigenvalue weighted by molar-refractivity contribution is 5.78. The number of likely N-dealkylation sites (N-methyl/N-ethyl adjacent to an activating group) is 1. The summed E-state index contributed by atoms with van der Waals surface area (Å²) < 4.78 is 0. The Morgan fingerprint density at radius 3 is 2.62 bits per heavy atom. The number of nitrogens with zero attached hydrogens (tertiary/aromatic N) is 1. The Morgan fingerprint density at radius 2 is 2.08 bits per heavy atom. The van der Waals surface area contributed by atoms with Crippen molar-refractivity contribution in [2.75, 3.05) is 39.8 Å². The van der Waals surface area contributed by atoms with E-state index in [0.717, 1.165) is 26.2 Å². The number of hydrogen-bond acceptors (Lipinski definition) is 3. The average molecular weight is 183 g/mol. The molecule has 2 atom stereocenters. The van der Waals surface area contributed by atoms with E-state index in [1.165, 1.54) is 0 Å². The zero-order chi connectivity index (χ0) is 9.26. The maximum absolute atomic E-state index is 11.5. The highest BCUT2D eigenvalue weighted by atomic mass is 16.2. The van der Waals surface area contributed by atoms with Gasteiger partial charge in [-0.15, -0.1) is 0 Å². The fourth-order valence-corrected chi connectivity index (χ4v) is 2.32. The Bertz CT molecular complexity index is 195. The number of carbonyl (C=O) groups excluding carboxylic acids is 1. The molecule has 0 aliphatic carbocycles. The predicted octanol–water partition coefficient (Wildman–Crippen LogP) is -1.12. The lowest BCUT2D eigenvalue weighted by molar-refractivity contribution is -0.129. The monoisotopic (exact) mass is 183 g/mol. The molecule has 0 saturated carbocycles. The summed E-state index contributed by atoms with van der Waals surface area (Å²) >= 11 is 0. The normalized spacial score (nSPS) is 32.2. The number of carbonyl (C=O) groups is 1. The standard InChI is InChI=1S/C9H17N3O/c1-10-4-9(13)12-5-7-2-11-3-8(7)6-12/h7-8,10-11H,2-6H2,1H3/t7-,8+. The third kappa shape index (κ3) is 1.69. The minimum absolute atomic E-state index is 0.247. The van der Waals surface area contributed by atoms with Crippen molar-refractivity contribution < 1.29 is 4.79 Å². The first-order valence-electron chi connectivity index (χ1n) is 4.94. The maximum atomic E-state index is 11.5. The van der Waals surface area contributed by atoms with Crippen LogP contribution in [-0.4, -0.2) is 50.6 Å². The molecule has 4 heteroatoms. The molecule has 2 rings (SSSR count). The van der Waals surface area contributed by atoms with E-state index in [1.807, 2.05) is 11.9 Å². The Kier molecular flexibility index (Phi) is 2.51. The number of rotatable bonds is 2. The third-order valence-electron chi connectivity index (χ3n) is 3.07. The fourth-order valence-electron chi connectivity index (χ4n) is 2.32. The summed E-state index contributed by atoms with van der Waals surface area (Å²) in [5, 5.41) is 6.27. The van der Waals surface area contributed by atoms with Gasteiger partial charge in [-0.2, -0.15) is 0 Å². The highest BCUT2D eigenvalue weighted by Crippen LogP contribution is 2.25. The minimum Gasteiger partial charge on any atom is -0.341 e. The smallest absolute Gasteiger partial charge is 0.236 e. The van der Waals surface area contributed by atoms with Crippen LogP contribution in [0.2, 0.25) is 0 Å². The number of hydrogen-bond donors (Lipinski definition) is 2. The molecule has 2 saturated heterocycles. The van der Waals surface area contributed by atoms with E-state index >= 15 is 0 Å². The summed E-state index contributed by atoms with van der Waals surface area (Å²) in [4.78, 5) is 13.5. The first-order chi connectivity index (χ1) is 6.31. The molecule has 0 unspecified atom stereocenters. The van der Waals surface area contributed by atoms with Crippen molar-refractivity contribution in [1.82, 2.24) is 15.5 Å². The second-order valence-electron chi connectivity index (χ2n) is 4.01. The van der Waals surface area contributed by atoms with Crippen LogP contribution in [-0.2, 0) is 4.79 Å². The largest absolute Gasteiger partial charge is 0.341 e. The molecular formula is C9H17N3O. The van der Waals surface area contributed by atoms with Crippen molar-refractivity contribution in [3.05, 3.63) is 0 Å². The molecule has 4 nitrogen and oxygen atoms in total. The molecule has 0 aromatic carbocycles. The second kappa shape index (κ2) is 3.64. The Balaban J connectivity index is 1.87. The average Bonchev–Trinajstić information content (AvgIpc) is 2.61. The summed E-state index contributed by atoms with van der Waals surface area (Å²) in [5.41, 5.74) is 0. The quantitative estimate of drug-likeness (QED) is 0.570. The van der Waals surface area contributed by atoms with Gasteiger partial charge in [-0.25, -0.2) is 0 Å². The molecule has 0 radical (unpaired) electrons. The summed E-state index contributed by atoms with van der Waals surface area (Å²) in [7, 11) is 1.82. The molecule has 0 bridgehead atoms. The van der Waals surface area contributed by atoms with Gasteiger partial charge in [0.15, 0.2) is 0 Å². The van der Waals surface area contributed by atoms with Crippen molar-refractivity contribution >= 4 is 5.91 Å². The van der Waals surface area contributed by atoms with Crippen LogP contribution in [0.5, 0.6) is 0 Å². The SMILES string of the molecule is CNCC(=O)N1C[C@H]2CNC[C@H]2C1. The summed E-state index contributed by atoms with van der Waals surface area (Å²) in [6.07, 6.45) is 0. The van der Waals surface area contributed by atoms with E-state index in [1.54, 1.807) is 0 Å². The molecule has 0 aromatic heterocycles. The number of fused-ring (bicyclic) bond motifs is 1. The fraction of sp³-hybridized carbons (Fsp3) is 0.889. The molecule has 13 heavy (non-hydrogen) atoms. The number of nitrogens with one attached hydrogen (secondary N) is 2. The Hall–Kier alpha value is -0.610. The van der Waals surface area contributed by atoms with Crippen LogP contribution in [0.15, 0.2) is 0 Å². The van der Waals surface area contributed by atoms with Gasteiger partial charge >= 0.3 is 0 Å². The summed E-state index contributed by atoms with van der Waals surface area (Å²) in [6.45, 7) is 4.57. The van der Waals surface area contributed by atoms with E-state index in [9.17, 15) is 4.79 Å². The van der Waals surface area contributed by atoms with Gasteiger partial charge in [0.1, 0.15) is 0 Å². The molecule has 2 fully saturated rings. The molecule has 2 N–H and O–H groups in total. The third-order valence-corrected chi connectivity index (χ3v) is 3.07. The molecule has 1 amide bonds. The molecule has 74 valence electrons. The molecule has 2 aliphatic heterocycles. The van der Waals surface area contributed by atoms with Crippen LogP contribution in [0, 0.1) is 11.8 Å². The molecule has 2 aliphatic rings. The number of likely N-dealkylation sites (tertiary alicyclic amines) is 1. The predicted molar refractivity (Wildman–Crippen MR) is 50.4 cm³/mol. The van der Waals surface area contributed by atoms with Gasteiger partial charge in [0, 0.05) is 26.2 Å².